The molecule has 7 heteroatoms. The van der Waals surface area contributed by atoms with Crippen LogP contribution in [0.3, 0.4) is 0 Å². The second-order valence-electron chi connectivity index (χ2n) is 5.82. The van der Waals surface area contributed by atoms with Crippen molar-refractivity contribution in [3.05, 3.63) is 53.8 Å². The van der Waals surface area contributed by atoms with Crippen molar-refractivity contribution in [2.45, 2.75) is 13.3 Å². The van der Waals surface area contributed by atoms with Crippen molar-refractivity contribution in [1.29, 1.82) is 0 Å². The number of pyridine rings is 2. The van der Waals surface area contributed by atoms with Crippen LogP contribution in [0.25, 0.3) is 21.9 Å². The zero-order valence-electron chi connectivity index (χ0n) is 14.7. The van der Waals surface area contributed by atoms with Crippen molar-refractivity contribution >= 4 is 22.4 Å². The molecule has 0 unspecified atom stereocenters. The first kappa shape index (κ1) is 17.5. The Balaban J connectivity index is 2.22. The molecule has 1 aromatic carbocycles. The summed E-state index contributed by atoms with van der Waals surface area (Å²) in [6, 6.07) is 7.21. The Morgan fingerprint density at radius 1 is 1.31 bits per heavy atom. The highest BCUT2D eigenvalue weighted by Gasteiger charge is 2.24. The zero-order valence-corrected chi connectivity index (χ0v) is 14.7. The van der Waals surface area contributed by atoms with E-state index in [1.54, 1.807) is 31.6 Å². The third-order valence-electron chi connectivity index (χ3n) is 4.16. The molecule has 0 atom stereocenters. The lowest BCUT2D eigenvalue weighted by atomic mass is 9.98. The summed E-state index contributed by atoms with van der Waals surface area (Å²) in [5.74, 6) is 0.152. The molecule has 2 aromatic heterocycles. The van der Waals surface area contributed by atoms with Crippen molar-refractivity contribution < 1.29 is 14.3 Å². The van der Waals surface area contributed by atoms with Gasteiger partial charge < -0.3 is 21.0 Å². The van der Waals surface area contributed by atoms with E-state index in [1.165, 1.54) is 6.20 Å². The minimum atomic E-state index is -0.481. The molecule has 0 saturated carbocycles. The van der Waals surface area contributed by atoms with Crippen LogP contribution in [-0.2, 0) is 0 Å². The molecule has 0 aliphatic rings. The first-order valence-electron chi connectivity index (χ1n) is 8.29. The van der Waals surface area contributed by atoms with E-state index in [0.29, 0.717) is 27.8 Å². The third kappa shape index (κ3) is 2.99. The number of hydrogen-bond acceptors (Lipinski definition) is 5. The highest BCUT2D eigenvalue weighted by atomic mass is 16.5. The van der Waals surface area contributed by atoms with Gasteiger partial charge in [-0.15, -0.1) is 0 Å². The number of nitrogens with zero attached hydrogens (tertiary/aromatic N) is 2. The molecular weight excluding hydrogens is 332 g/mol. The standard InChI is InChI=1S/C19H20N4O3/c1-3-8-22-19(24)18-17(20)13-6-4-5-12(15(13)11-23(18)25)14-10-21-9-7-16(14)26-2/h4-7,9-11H,3,8,20H2,1-2H3,(H,22,24). The number of ether oxygens (including phenoxy) is 1. The minimum Gasteiger partial charge on any atom is -0.618 e. The smallest absolute Gasteiger partial charge is 0.319 e. The highest BCUT2D eigenvalue weighted by molar-refractivity contribution is 6.08. The van der Waals surface area contributed by atoms with Crippen LogP contribution in [-0.4, -0.2) is 24.5 Å². The van der Waals surface area contributed by atoms with E-state index in [9.17, 15) is 10.0 Å². The van der Waals surface area contributed by atoms with Crippen LogP contribution < -0.4 is 20.5 Å². The van der Waals surface area contributed by atoms with E-state index in [1.807, 2.05) is 19.1 Å². The molecule has 2 heterocycles. The molecule has 0 fully saturated rings. The van der Waals surface area contributed by atoms with E-state index >= 15 is 0 Å². The number of fused-ring (bicyclic) bond motifs is 1. The van der Waals surface area contributed by atoms with Crippen LogP contribution in [0.4, 0.5) is 5.69 Å². The number of aromatic nitrogens is 2. The number of nitrogen functional groups attached to an aromatic ring is 1. The molecule has 0 spiro atoms. The molecule has 1 amide bonds. The molecule has 3 rings (SSSR count). The topological polar surface area (TPSA) is 104 Å². The SMILES string of the molecule is CCCNC(=O)c1c(N)c2cccc(-c3cnccc3OC)c2c[n+]1[O-]. The van der Waals surface area contributed by atoms with Gasteiger partial charge in [0.05, 0.1) is 12.5 Å². The maximum atomic E-state index is 12.5. The van der Waals surface area contributed by atoms with Crippen molar-refractivity contribution in [3.8, 4) is 16.9 Å². The normalized spacial score (nSPS) is 10.7. The lowest BCUT2D eigenvalue weighted by Crippen LogP contribution is -2.40. The number of rotatable bonds is 5. The lowest BCUT2D eigenvalue weighted by molar-refractivity contribution is -0.605. The van der Waals surface area contributed by atoms with Crippen LogP contribution in [0.2, 0.25) is 0 Å². The maximum absolute atomic E-state index is 12.5. The van der Waals surface area contributed by atoms with E-state index in [0.717, 1.165) is 17.5 Å². The summed E-state index contributed by atoms with van der Waals surface area (Å²) >= 11 is 0. The predicted molar refractivity (Wildman–Crippen MR) is 99.7 cm³/mol. The summed E-state index contributed by atoms with van der Waals surface area (Å²) in [4.78, 5) is 16.4. The summed E-state index contributed by atoms with van der Waals surface area (Å²) in [5.41, 5.74) is 7.73. The van der Waals surface area contributed by atoms with Crippen LogP contribution in [0, 0.1) is 5.21 Å². The molecule has 3 aromatic rings. The predicted octanol–water partition coefficient (Wildman–Crippen LogP) is 2.27. The molecule has 0 radical (unpaired) electrons. The Morgan fingerprint density at radius 3 is 2.85 bits per heavy atom. The minimum absolute atomic E-state index is 0.0961. The number of nitrogens with one attached hydrogen (secondary N) is 1. The van der Waals surface area contributed by atoms with E-state index in [-0.39, 0.29) is 11.4 Å². The monoisotopic (exact) mass is 352 g/mol. The first-order valence-corrected chi connectivity index (χ1v) is 8.29. The second-order valence-corrected chi connectivity index (χ2v) is 5.82. The second kappa shape index (κ2) is 7.26. The summed E-state index contributed by atoms with van der Waals surface area (Å²) in [6.45, 7) is 2.41. The number of methoxy groups -OCH3 is 1. The average Bonchev–Trinajstić information content (AvgIpc) is 2.66. The number of carbonyl (C=O) groups is 1. The molecule has 0 saturated heterocycles. The Kier molecular flexibility index (Phi) is 4.88. The first-order chi connectivity index (χ1) is 12.6. The molecule has 0 aliphatic heterocycles. The number of hydrogen-bond donors (Lipinski definition) is 2. The van der Waals surface area contributed by atoms with E-state index in [2.05, 4.69) is 10.3 Å². The van der Waals surface area contributed by atoms with Gasteiger partial charge in [-0.2, -0.15) is 4.73 Å². The molecule has 3 N–H and O–H groups in total. The van der Waals surface area contributed by atoms with Crippen LogP contribution in [0.15, 0.2) is 42.9 Å². The number of amides is 1. The number of carbonyl (C=O) groups excluding carboxylic acids is 1. The van der Waals surface area contributed by atoms with Gasteiger partial charge in [-0.25, -0.2) is 0 Å². The van der Waals surface area contributed by atoms with Crippen LogP contribution in [0.5, 0.6) is 5.75 Å². The number of benzene rings is 1. The zero-order chi connectivity index (χ0) is 18.7. The van der Waals surface area contributed by atoms with Gasteiger partial charge in [0.25, 0.3) is 0 Å². The van der Waals surface area contributed by atoms with Crippen LogP contribution >= 0.6 is 0 Å². The van der Waals surface area contributed by atoms with Crippen LogP contribution in [0.1, 0.15) is 23.8 Å². The Labute approximate surface area is 151 Å². The fraction of sp³-hybridized carbons (Fsp3) is 0.211. The fourth-order valence-corrected chi connectivity index (χ4v) is 2.91. The lowest BCUT2D eigenvalue weighted by Gasteiger charge is -2.14. The number of anilines is 1. The Morgan fingerprint density at radius 2 is 2.12 bits per heavy atom. The summed E-state index contributed by atoms with van der Waals surface area (Å²) < 4.78 is 5.92. The summed E-state index contributed by atoms with van der Waals surface area (Å²) in [6.07, 6.45) is 5.43. The van der Waals surface area contributed by atoms with E-state index < -0.39 is 5.91 Å². The number of nitrogens with two attached hydrogens (primary N) is 1. The quantitative estimate of drug-likeness (QED) is 0.541. The fourth-order valence-electron chi connectivity index (χ4n) is 2.91. The molecule has 0 bridgehead atoms. The molecule has 0 aliphatic carbocycles. The van der Waals surface area contributed by atoms with Gasteiger partial charge in [-0.05, 0) is 12.5 Å². The van der Waals surface area contributed by atoms with Gasteiger partial charge in [0.1, 0.15) is 11.4 Å². The summed E-state index contributed by atoms with van der Waals surface area (Å²) in [7, 11) is 1.57. The van der Waals surface area contributed by atoms with Gasteiger partial charge >= 0.3 is 11.6 Å². The Hall–Kier alpha value is -3.35. The van der Waals surface area contributed by atoms with E-state index in [4.69, 9.17) is 10.5 Å². The average molecular weight is 352 g/mol. The maximum Gasteiger partial charge on any atom is 0.319 e. The molecular formula is C19H20N4O3. The largest absolute Gasteiger partial charge is 0.618 e. The molecule has 7 nitrogen and oxygen atoms in total. The van der Waals surface area contributed by atoms with Crippen molar-refractivity contribution in [2.24, 2.45) is 0 Å². The van der Waals surface area contributed by atoms with Crippen molar-refractivity contribution in [3.63, 3.8) is 0 Å². The van der Waals surface area contributed by atoms with Gasteiger partial charge in [-0.3, -0.25) is 9.78 Å². The van der Waals surface area contributed by atoms with Gasteiger partial charge in [0, 0.05) is 35.5 Å². The van der Waals surface area contributed by atoms with Crippen molar-refractivity contribution in [2.75, 3.05) is 19.4 Å². The van der Waals surface area contributed by atoms with Gasteiger partial charge in [0.15, 0.2) is 6.20 Å². The molecule has 26 heavy (non-hydrogen) atoms. The highest BCUT2D eigenvalue weighted by Crippen LogP contribution is 2.35. The van der Waals surface area contributed by atoms with Gasteiger partial charge in [0.2, 0.25) is 0 Å². The van der Waals surface area contributed by atoms with Crippen molar-refractivity contribution in [1.82, 2.24) is 10.3 Å². The summed E-state index contributed by atoms with van der Waals surface area (Å²) in [5, 5.41) is 16.5. The molecule has 134 valence electrons. The van der Waals surface area contributed by atoms with Gasteiger partial charge in [-0.1, -0.05) is 25.1 Å². The third-order valence-corrected chi connectivity index (χ3v) is 4.16. The Bertz CT molecular complexity index is 972.